The number of methoxy groups -OCH3 is 2. The molecule has 116 valence electrons. The Morgan fingerprint density at radius 1 is 1.00 bits per heavy atom. The normalized spacial score (nSPS) is 9.95. The van der Waals surface area contributed by atoms with Crippen molar-refractivity contribution in [2.45, 2.75) is 0 Å². The zero-order valence-electron chi connectivity index (χ0n) is 12.3. The van der Waals surface area contributed by atoms with Gasteiger partial charge in [-0.1, -0.05) is 11.6 Å². The summed E-state index contributed by atoms with van der Waals surface area (Å²) in [5, 5.41) is 3.33. The molecule has 0 aromatic heterocycles. The van der Waals surface area contributed by atoms with Gasteiger partial charge in [-0.25, -0.2) is 0 Å². The number of benzene rings is 2. The van der Waals surface area contributed by atoms with Crippen LogP contribution in [0.3, 0.4) is 0 Å². The number of rotatable bonds is 6. The van der Waals surface area contributed by atoms with Gasteiger partial charge in [0.1, 0.15) is 17.2 Å². The van der Waals surface area contributed by atoms with Crippen molar-refractivity contribution in [3.63, 3.8) is 0 Å². The third-order valence-corrected chi connectivity index (χ3v) is 3.07. The first-order valence-electron chi connectivity index (χ1n) is 6.52. The first-order chi connectivity index (χ1) is 10.6. The van der Waals surface area contributed by atoms with Gasteiger partial charge in [0.15, 0.2) is 6.61 Å². The molecule has 0 fully saturated rings. The fourth-order valence-corrected chi connectivity index (χ4v) is 1.88. The topological polar surface area (TPSA) is 56.8 Å². The van der Waals surface area contributed by atoms with Crippen LogP contribution in [0.1, 0.15) is 0 Å². The quantitative estimate of drug-likeness (QED) is 0.886. The Morgan fingerprint density at radius 2 is 1.59 bits per heavy atom. The standard InChI is InChI=1S/C16H16ClNO4/c1-20-14-7-12(8-15(9-14)21-2)18-16(19)10-22-13-5-3-11(17)4-6-13/h3-9H,10H2,1-2H3,(H,18,19). The summed E-state index contributed by atoms with van der Waals surface area (Å²) in [4.78, 5) is 11.9. The molecule has 0 aliphatic carbocycles. The molecule has 0 radical (unpaired) electrons. The van der Waals surface area contributed by atoms with Gasteiger partial charge in [0, 0.05) is 28.9 Å². The first kappa shape index (κ1) is 16.0. The smallest absolute Gasteiger partial charge is 0.262 e. The van der Waals surface area contributed by atoms with Gasteiger partial charge in [-0.2, -0.15) is 0 Å². The number of amides is 1. The molecule has 0 saturated heterocycles. The number of hydrogen-bond donors (Lipinski definition) is 1. The molecule has 2 aromatic rings. The fraction of sp³-hybridized carbons (Fsp3) is 0.188. The van der Waals surface area contributed by atoms with Crippen molar-refractivity contribution < 1.29 is 19.0 Å². The minimum atomic E-state index is -0.287. The molecule has 0 heterocycles. The van der Waals surface area contributed by atoms with Crippen molar-refractivity contribution in [2.24, 2.45) is 0 Å². The second kappa shape index (κ2) is 7.56. The minimum absolute atomic E-state index is 0.110. The molecule has 1 N–H and O–H groups in total. The number of ether oxygens (including phenoxy) is 3. The summed E-state index contributed by atoms with van der Waals surface area (Å²) in [6, 6.07) is 11.9. The van der Waals surface area contributed by atoms with Gasteiger partial charge in [-0.05, 0) is 24.3 Å². The van der Waals surface area contributed by atoms with Crippen molar-refractivity contribution >= 4 is 23.2 Å². The summed E-state index contributed by atoms with van der Waals surface area (Å²) in [5.74, 6) is 1.47. The predicted molar refractivity (Wildman–Crippen MR) is 85.1 cm³/mol. The van der Waals surface area contributed by atoms with Crippen LogP contribution >= 0.6 is 11.6 Å². The monoisotopic (exact) mass is 321 g/mol. The van der Waals surface area contributed by atoms with Gasteiger partial charge in [-0.3, -0.25) is 4.79 Å². The van der Waals surface area contributed by atoms with E-state index in [9.17, 15) is 4.79 Å². The van der Waals surface area contributed by atoms with Gasteiger partial charge in [0.2, 0.25) is 0 Å². The molecule has 0 saturated carbocycles. The van der Waals surface area contributed by atoms with Crippen LogP contribution in [0.5, 0.6) is 17.2 Å². The molecule has 0 unspecified atom stereocenters. The van der Waals surface area contributed by atoms with E-state index >= 15 is 0 Å². The summed E-state index contributed by atoms with van der Waals surface area (Å²) in [7, 11) is 3.09. The molecule has 0 bridgehead atoms. The molecule has 2 rings (SSSR count). The van der Waals surface area contributed by atoms with Crippen molar-refractivity contribution in [3.05, 3.63) is 47.5 Å². The van der Waals surface area contributed by atoms with Crippen LogP contribution < -0.4 is 19.5 Å². The molecule has 0 atom stereocenters. The highest BCUT2D eigenvalue weighted by atomic mass is 35.5. The molecule has 0 spiro atoms. The Bertz CT molecular complexity index is 621. The Morgan fingerprint density at radius 3 is 2.14 bits per heavy atom. The molecule has 1 amide bonds. The van der Waals surface area contributed by atoms with Gasteiger partial charge in [0.05, 0.1) is 14.2 Å². The Kier molecular flexibility index (Phi) is 5.49. The lowest BCUT2D eigenvalue weighted by Gasteiger charge is -2.10. The zero-order chi connectivity index (χ0) is 15.9. The number of halogens is 1. The van der Waals surface area contributed by atoms with Crippen molar-refractivity contribution in [3.8, 4) is 17.2 Å². The maximum atomic E-state index is 11.9. The molecule has 5 nitrogen and oxygen atoms in total. The molecule has 6 heteroatoms. The molecule has 22 heavy (non-hydrogen) atoms. The van der Waals surface area contributed by atoms with Crippen LogP contribution in [0.2, 0.25) is 5.02 Å². The van der Waals surface area contributed by atoms with Crippen molar-refractivity contribution in [2.75, 3.05) is 26.1 Å². The lowest BCUT2D eigenvalue weighted by Crippen LogP contribution is -2.20. The Labute approximate surface area is 133 Å². The summed E-state index contributed by atoms with van der Waals surface area (Å²) >= 11 is 5.78. The fourth-order valence-electron chi connectivity index (χ4n) is 1.76. The van der Waals surface area contributed by atoms with E-state index in [-0.39, 0.29) is 12.5 Å². The van der Waals surface area contributed by atoms with E-state index in [1.165, 1.54) is 0 Å². The van der Waals surface area contributed by atoms with E-state index < -0.39 is 0 Å². The first-order valence-corrected chi connectivity index (χ1v) is 6.90. The van der Waals surface area contributed by atoms with Gasteiger partial charge in [0.25, 0.3) is 5.91 Å². The van der Waals surface area contributed by atoms with Gasteiger partial charge in [-0.15, -0.1) is 0 Å². The molecular formula is C16H16ClNO4. The van der Waals surface area contributed by atoms with Crippen LogP contribution in [0.15, 0.2) is 42.5 Å². The van der Waals surface area contributed by atoms with E-state index in [2.05, 4.69) is 5.32 Å². The zero-order valence-corrected chi connectivity index (χ0v) is 13.0. The number of carbonyl (C=O) groups is 1. The van der Waals surface area contributed by atoms with Crippen molar-refractivity contribution in [1.29, 1.82) is 0 Å². The van der Waals surface area contributed by atoms with E-state index in [1.807, 2.05) is 0 Å². The Hall–Kier alpha value is -2.40. The summed E-state index contributed by atoms with van der Waals surface area (Å²) in [6.45, 7) is -0.110. The molecule has 0 aliphatic heterocycles. The minimum Gasteiger partial charge on any atom is -0.497 e. The van der Waals surface area contributed by atoms with E-state index in [0.717, 1.165) is 0 Å². The Balaban J connectivity index is 1.95. The van der Waals surface area contributed by atoms with Crippen LogP contribution in [-0.2, 0) is 4.79 Å². The van der Waals surface area contributed by atoms with E-state index in [4.69, 9.17) is 25.8 Å². The lowest BCUT2D eigenvalue weighted by molar-refractivity contribution is -0.118. The SMILES string of the molecule is COc1cc(NC(=O)COc2ccc(Cl)cc2)cc(OC)c1. The highest BCUT2D eigenvalue weighted by Gasteiger charge is 2.07. The number of hydrogen-bond acceptors (Lipinski definition) is 4. The van der Waals surface area contributed by atoms with E-state index in [0.29, 0.717) is 28.0 Å². The maximum Gasteiger partial charge on any atom is 0.262 e. The second-order valence-electron chi connectivity index (χ2n) is 4.39. The summed E-state index contributed by atoms with van der Waals surface area (Å²) in [6.07, 6.45) is 0. The number of anilines is 1. The average molecular weight is 322 g/mol. The maximum absolute atomic E-state index is 11.9. The van der Waals surface area contributed by atoms with E-state index in [1.54, 1.807) is 56.7 Å². The van der Waals surface area contributed by atoms with Crippen LogP contribution in [0.4, 0.5) is 5.69 Å². The number of nitrogens with one attached hydrogen (secondary N) is 1. The summed E-state index contributed by atoms with van der Waals surface area (Å²) in [5.41, 5.74) is 0.570. The largest absolute Gasteiger partial charge is 0.497 e. The average Bonchev–Trinajstić information content (AvgIpc) is 2.54. The molecular weight excluding hydrogens is 306 g/mol. The van der Waals surface area contributed by atoms with Crippen molar-refractivity contribution in [1.82, 2.24) is 0 Å². The molecule has 2 aromatic carbocycles. The predicted octanol–water partition coefficient (Wildman–Crippen LogP) is 3.37. The number of carbonyl (C=O) groups excluding carboxylic acids is 1. The van der Waals surface area contributed by atoms with Gasteiger partial charge >= 0.3 is 0 Å². The molecule has 0 aliphatic rings. The van der Waals surface area contributed by atoms with Crippen LogP contribution in [-0.4, -0.2) is 26.7 Å². The third kappa shape index (κ3) is 4.56. The lowest BCUT2D eigenvalue weighted by atomic mass is 10.2. The summed E-state index contributed by atoms with van der Waals surface area (Å²) < 4.78 is 15.7. The van der Waals surface area contributed by atoms with Gasteiger partial charge < -0.3 is 19.5 Å². The van der Waals surface area contributed by atoms with Crippen LogP contribution in [0.25, 0.3) is 0 Å². The second-order valence-corrected chi connectivity index (χ2v) is 4.83. The van der Waals surface area contributed by atoms with Crippen LogP contribution in [0, 0.1) is 0 Å². The third-order valence-electron chi connectivity index (χ3n) is 2.82. The highest BCUT2D eigenvalue weighted by Crippen LogP contribution is 2.25. The highest BCUT2D eigenvalue weighted by molar-refractivity contribution is 6.30.